The van der Waals surface area contributed by atoms with Crippen molar-refractivity contribution in [2.75, 3.05) is 11.0 Å². The maximum atomic E-state index is 11.5. The molecule has 0 amide bonds. The van der Waals surface area contributed by atoms with Gasteiger partial charge in [-0.3, -0.25) is 24.5 Å². The van der Waals surface area contributed by atoms with Crippen molar-refractivity contribution in [2.45, 2.75) is 48.0 Å². The molecule has 0 atom stereocenters. The Hall–Kier alpha value is -14.0. The van der Waals surface area contributed by atoms with Gasteiger partial charge < -0.3 is 19.6 Å². The van der Waals surface area contributed by atoms with E-state index in [1.807, 2.05) is 145 Å². The number of fused-ring (bicyclic) bond motifs is 8. The molecule has 0 unspecified atom stereocenters. The summed E-state index contributed by atoms with van der Waals surface area (Å²) in [5, 5.41) is 16.5. The summed E-state index contributed by atoms with van der Waals surface area (Å²) in [5.74, 6) is 0.0415. The van der Waals surface area contributed by atoms with Gasteiger partial charge in [0.05, 0.1) is 47.7 Å². The van der Waals surface area contributed by atoms with Crippen LogP contribution in [0.5, 0.6) is 0 Å². The third-order valence-corrected chi connectivity index (χ3v) is 23.1. The number of hydrogen-bond donors (Lipinski definition) is 1. The first-order valence-corrected chi connectivity index (χ1v) is 44.7. The van der Waals surface area contributed by atoms with Gasteiger partial charge in [-0.15, -0.1) is 42.7 Å². The van der Waals surface area contributed by atoms with E-state index in [1.165, 1.54) is 105 Å². The topological polar surface area (TPSA) is 118 Å². The normalized spacial score (nSPS) is 11.2. The van der Waals surface area contributed by atoms with Gasteiger partial charge in [0.15, 0.2) is 0 Å². The SMILES string of the molecule is CC(C)(C)C(=O)CC(=O)C(C)(C)C.[B]CP([B])([B])=N.[Ir].[c-]1ccccc1-c1ncc(-c2ccccc2)nc1-c1ccccc1.c1ccc(-c2ccnc3c2ccc2c(-c4ccccc4)ccnc23)cc1.c1ccc(-n2c3ccccc3c3cc(-c4ccc(N(c5ccc(-c6cccc7ccccc67)cc5)c5ccc(-c6cccc7ccccc67)cc5)cc4)ccc32)cc1. The minimum atomic E-state index is -2.37. The van der Waals surface area contributed by atoms with Crippen LogP contribution in [0.15, 0.2) is 419 Å². The molecule has 0 saturated carbocycles. The first-order valence-electron chi connectivity index (χ1n) is 42.6. The smallest absolute Gasteiger partial charge is 0.145 e. The van der Waals surface area contributed by atoms with Gasteiger partial charge in [-0.2, -0.15) is 0 Å². The Morgan fingerprint density at radius 3 is 1.21 bits per heavy atom. The summed E-state index contributed by atoms with van der Waals surface area (Å²) in [7, 11) is 14.8. The van der Waals surface area contributed by atoms with Crippen molar-refractivity contribution in [2.24, 2.45) is 10.8 Å². The molecule has 1 N–H and O–H groups in total. The molecular weight excluding hydrogens is 1750 g/mol. The number of Topliss-reactive ketones (excluding diaryl/α,β-unsaturated/α-hetero) is 2. The van der Waals surface area contributed by atoms with E-state index < -0.39 is 17.6 Å². The Kier molecular flexibility index (Phi) is 27.8. The van der Waals surface area contributed by atoms with Crippen molar-refractivity contribution in [3.63, 3.8) is 0 Å². The minimum Gasteiger partial charge on any atom is -0.339 e. The molecule has 619 valence electrons. The van der Waals surface area contributed by atoms with Crippen LogP contribution in [0.4, 0.5) is 17.1 Å². The largest absolute Gasteiger partial charge is 0.339 e. The van der Waals surface area contributed by atoms with Crippen molar-refractivity contribution in [1.29, 1.82) is 5.16 Å². The molecule has 0 bridgehead atoms. The van der Waals surface area contributed by atoms with Crippen molar-refractivity contribution >= 4 is 124 Å². The predicted molar refractivity (Wildman–Crippen MR) is 537 cm³/mol. The molecule has 0 aliphatic heterocycles. The zero-order valence-corrected chi connectivity index (χ0v) is 75.6. The number of anilines is 3. The van der Waals surface area contributed by atoms with E-state index in [2.05, 4.69) is 341 Å². The third kappa shape index (κ3) is 20.6. The monoisotopic (exact) mass is 1850 g/mol. The molecule has 20 aromatic rings. The van der Waals surface area contributed by atoms with E-state index in [0.29, 0.717) is 0 Å². The molecule has 4 aromatic heterocycles. The standard InChI is InChI=1S/C56H38N2.C24H16N2.C22H15N2.C11H20O2.CH3B3NP.Ir/c1-2-16-45(17-3-1)58-55-23-9-8-20-53(55)54-38-44(30-37-56(54)58)39-24-31-46(32-25-39)57(47-33-26-42(27-34-47)51-21-10-14-40-12-4-6-18-49(40)51)48-35-28-43(29-36-48)52-22-11-15-41-13-5-7-19-50(41)52;1-3-7-17(8-4-1)19-13-15-25-23-21(19)11-12-22-20(14-16-26-24(22)23)18-9-5-2-6-10-18;1-4-10-17(11-5-1)20-16-23-21(18-12-6-2-7-13-18)22(24-20)19-14-8-3-9-15-19;1-10(2,3)8(12)7-9(13)11(4,5)6;2-1-6(3,4)5;/h1-38H;1-16H;1-12,14-16H;7H2,1-6H3;5H,1H2;/q;;-1;;;. The summed E-state index contributed by atoms with van der Waals surface area (Å²) < 4.78 is 2.37. The van der Waals surface area contributed by atoms with Crippen molar-refractivity contribution in [3.05, 3.63) is 425 Å². The van der Waals surface area contributed by atoms with E-state index in [1.54, 1.807) is 0 Å². The Labute approximate surface area is 767 Å². The van der Waals surface area contributed by atoms with Crippen LogP contribution in [0.1, 0.15) is 48.0 Å². The summed E-state index contributed by atoms with van der Waals surface area (Å²) in [6, 6.07) is 144. The van der Waals surface area contributed by atoms with Gasteiger partial charge >= 0.3 is 0 Å². The van der Waals surface area contributed by atoms with Crippen LogP contribution in [0, 0.1) is 22.1 Å². The summed E-state index contributed by atoms with van der Waals surface area (Å²) >= 11 is 0. The maximum absolute atomic E-state index is 11.5. The molecule has 16 aromatic carbocycles. The van der Waals surface area contributed by atoms with Crippen LogP contribution >= 0.6 is 6.81 Å². The first-order chi connectivity index (χ1) is 61.7. The number of carbonyl (C=O) groups excluding carboxylic acids is 2. The molecule has 0 fully saturated rings. The van der Waals surface area contributed by atoms with Gasteiger partial charge in [-0.05, 0) is 162 Å². The summed E-state index contributed by atoms with van der Waals surface area (Å²) in [6.45, 7) is 8.66. The molecule has 9 nitrogen and oxygen atoms in total. The van der Waals surface area contributed by atoms with Crippen LogP contribution in [-0.4, -0.2) is 65.1 Å². The summed E-state index contributed by atoms with van der Waals surface area (Å²) in [4.78, 5) is 44.3. The Morgan fingerprint density at radius 2 is 0.750 bits per heavy atom. The fourth-order valence-corrected chi connectivity index (χ4v) is 15.7. The molecule has 0 aliphatic carbocycles. The van der Waals surface area contributed by atoms with E-state index in [4.69, 9.17) is 38.1 Å². The molecule has 7 radical (unpaired) electrons. The number of rotatable bonds is 15. The predicted octanol–water partition coefficient (Wildman–Crippen LogP) is 29.6. The second-order valence-corrected chi connectivity index (χ2v) is 35.6. The Morgan fingerprint density at radius 1 is 0.367 bits per heavy atom. The molecule has 0 aliphatic rings. The van der Waals surface area contributed by atoms with Crippen LogP contribution in [0.2, 0.25) is 0 Å². The second-order valence-electron chi connectivity index (χ2n) is 33.4. The Bertz CT molecular complexity index is 7050. The molecule has 20 rings (SSSR count). The van der Waals surface area contributed by atoms with Gasteiger partial charge in [0.1, 0.15) is 26.7 Å². The van der Waals surface area contributed by atoms with Gasteiger partial charge in [0.25, 0.3) is 0 Å². The van der Waals surface area contributed by atoms with Crippen molar-refractivity contribution in [1.82, 2.24) is 24.5 Å². The van der Waals surface area contributed by atoms with E-state index >= 15 is 0 Å². The number of aromatic nitrogens is 5. The third-order valence-electron chi connectivity index (χ3n) is 22.5. The quantitative estimate of drug-likeness (QED) is 0.0357. The zero-order chi connectivity index (χ0) is 88.0. The van der Waals surface area contributed by atoms with E-state index in [0.717, 1.165) is 72.6 Å². The molecular formula is C114H92B3IrN7O2P-. The van der Waals surface area contributed by atoms with E-state index in [-0.39, 0.29) is 44.2 Å². The van der Waals surface area contributed by atoms with Gasteiger partial charge in [0, 0.05) is 105 Å². The van der Waals surface area contributed by atoms with Crippen LogP contribution in [-0.2, 0) is 29.7 Å². The number of nitrogens with one attached hydrogen (secondary N) is 1. The van der Waals surface area contributed by atoms with E-state index in [9.17, 15) is 9.59 Å². The fourth-order valence-electron chi connectivity index (χ4n) is 15.7. The summed E-state index contributed by atoms with van der Waals surface area (Å²) in [6.07, 6.45) is 5.65. The van der Waals surface area contributed by atoms with Gasteiger partial charge in [-0.1, -0.05) is 345 Å². The van der Waals surface area contributed by atoms with Crippen LogP contribution < -0.4 is 4.90 Å². The number of carbonyl (C=O) groups is 2. The van der Waals surface area contributed by atoms with Crippen LogP contribution in [0.25, 0.3) is 160 Å². The molecule has 0 saturated heterocycles. The number of benzene rings is 16. The molecule has 128 heavy (non-hydrogen) atoms. The fraction of sp³-hybridized carbons (Fsp3) is 0.0877. The Balaban J connectivity index is 0.000000148. The average Bonchev–Trinajstić information content (AvgIpc) is 1.54. The van der Waals surface area contributed by atoms with Crippen molar-refractivity contribution in [3.8, 4) is 95.1 Å². The number of hydrogen-bond acceptors (Lipinski definition) is 8. The minimum absolute atomic E-state index is 0. The second kappa shape index (κ2) is 40.1. The van der Waals surface area contributed by atoms with Crippen LogP contribution in [0.3, 0.4) is 0 Å². The van der Waals surface area contributed by atoms with Gasteiger partial charge in [-0.25, -0.2) is 0 Å². The van der Waals surface area contributed by atoms with Crippen molar-refractivity contribution < 1.29 is 29.7 Å². The molecule has 0 spiro atoms. The van der Waals surface area contributed by atoms with Gasteiger partial charge in [0.2, 0.25) is 0 Å². The number of pyridine rings is 2. The summed E-state index contributed by atoms with van der Waals surface area (Å²) in [5.41, 5.74) is 25.6. The average molecular weight is 1850 g/mol. The number of para-hydroxylation sites is 2. The maximum Gasteiger partial charge on any atom is 0.145 e. The number of nitrogens with zero attached hydrogens (tertiary/aromatic N) is 6. The molecule has 14 heteroatoms. The first kappa shape index (κ1) is 88.8. The number of ketones is 2. The zero-order valence-electron chi connectivity index (χ0n) is 72.3. The molecule has 4 heterocycles.